The maximum atomic E-state index is 11.8. The maximum Gasteiger partial charge on any atom is 0.230 e. The van der Waals surface area contributed by atoms with E-state index in [0.717, 1.165) is 22.4 Å². The van der Waals surface area contributed by atoms with Crippen molar-refractivity contribution in [2.45, 2.75) is 75.1 Å². The molecule has 2 N–H and O–H groups in total. The minimum Gasteiger partial charge on any atom is -0.357 e. The summed E-state index contributed by atoms with van der Waals surface area (Å²) >= 11 is 3.03. The summed E-state index contributed by atoms with van der Waals surface area (Å²) in [4.78, 5) is 11.8. The molecule has 1 aliphatic carbocycles. The third-order valence-electron chi connectivity index (χ3n) is 4.02. The SMILES string of the molecule is CCCCCCNC(=O)CSc1nnc(NC2CCCCC2)s1. The Morgan fingerprint density at radius 2 is 2.04 bits per heavy atom. The van der Waals surface area contributed by atoms with Crippen LogP contribution in [-0.4, -0.2) is 34.4 Å². The molecule has 23 heavy (non-hydrogen) atoms. The van der Waals surface area contributed by atoms with Crippen LogP contribution in [0.4, 0.5) is 5.13 Å². The fourth-order valence-electron chi connectivity index (χ4n) is 2.71. The van der Waals surface area contributed by atoms with E-state index in [9.17, 15) is 4.79 Å². The lowest BCUT2D eigenvalue weighted by Crippen LogP contribution is -2.26. The van der Waals surface area contributed by atoms with Crippen LogP contribution in [0.25, 0.3) is 0 Å². The van der Waals surface area contributed by atoms with Crippen LogP contribution < -0.4 is 10.6 Å². The van der Waals surface area contributed by atoms with Crippen LogP contribution in [0, 0.1) is 0 Å². The maximum absolute atomic E-state index is 11.8. The molecule has 0 atom stereocenters. The van der Waals surface area contributed by atoms with Crippen molar-refractivity contribution < 1.29 is 4.79 Å². The Hall–Kier alpha value is -0.820. The molecule has 1 fully saturated rings. The minimum atomic E-state index is 0.0866. The molecule has 0 aliphatic heterocycles. The highest BCUT2D eigenvalue weighted by molar-refractivity contribution is 8.01. The average Bonchev–Trinajstić information content (AvgIpc) is 3.01. The van der Waals surface area contributed by atoms with E-state index in [4.69, 9.17) is 0 Å². The normalized spacial score (nSPS) is 15.5. The van der Waals surface area contributed by atoms with Gasteiger partial charge in [-0.2, -0.15) is 0 Å². The lowest BCUT2D eigenvalue weighted by atomic mass is 9.96. The fraction of sp³-hybridized carbons (Fsp3) is 0.812. The highest BCUT2D eigenvalue weighted by atomic mass is 32.2. The van der Waals surface area contributed by atoms with Gasteiger partial charge in [-0.3, -0.25) is 4.79 Å². The standard InChI is InChI=1S/C16H28N4OS2/c1-2-3-4-8-11-17-14(21)12-22-16-20-19-15(23-16)18-13-9-6-5-7-10-13/h13H,2-12H2,1H3,(H,17,21)(H,18,19). The minimum absolute atomic E-state index is 0.0866. The molecule has 0 bridgehead atoms. The van der Waals surface area contributed by atoms with Crippen LogP contribution in [0.15, 0.2) is 4.34 Å². The third-order valence-corrected chi connectivity index (χ3v) is 6.01. The number of aromatic nitrogens is 2. The molecule has 0 aromatic carbocycles. The monoisotopic (exact) mass is 356 g/mol. The number of rotatable bonds is 10. The first-order valence-corrected chi connectivity index (χ1v) is 10.6. The molecule has 1 heterocycles. The van der Waals surface area contributed by atoms with E-state index in [0.29, 0.717) is 11.8 Å². The van der Waals surface area contributed by atoms with E-state index in [2.05, 4.69) is 27.8 Å². The van der Waals surface area contributed by atoms with Crippen molar-refractivity contribution in [1.29, 1.82) is 0 Å². The summed E-state index contributed by atoms with van der Waals surface area (Å²) in [5.74, 6) is 0.509. The molecule has 0 saturated heterocycles. The summed E-state index contributed by atoms with van der Waals surface area (Å²) in [5, 5.41) is 15.7. The molecule has 130 valence electrons. The molecule has 0 radical (unpaired) electrons. The van der Waals surface area contributed by atoms with Crippen molar-refractivity contribution in [3.8, 4) is 0 Å². The zero-order chi connectivity index (χ0) is 16.3. The summed E-state index contributed by atoms with van der Waals surface area (Å²) in [6.45, 7) is 2.97. The summed E-state index contributed by atoms with van der Waals surface area (Å²) in [6, 6.07) is 0.543. The Morgan fingerprint density at radius 3 is 2.83 bits per heavy atom. The lowest BCUT2D eigenvalue weighted by molar-refractivity contribution is -0.118. The topological polar surface area (TPSA) is 66.9 Å². The Bertz CT molecular complexity index is 461. The van der Waals surface area contributed by atoms with E-state index >= 15 is 0 Å². The van der Waals surface area contributed by atoms with Gasteiger partial charge in [0.15, 0.2) is 4.34 Å². The zero-order valence-corrected chi connectivity index (χ0v) is 15.6. The second kappa shape index (κ2) is 10.9. The van der Waals surface area contributed by atoms with Gasteiger partial charge in [0.1, 0.15) is 0 Å². The molecule has 1 saturated carbocycles. The van der Waals surface area contributed by atoms with Crippen LogP contribution in [0.1, 0.15) is 64.7 Å². The van der Waals surface area contributed by atoms with Crippen molar-refractivity contribution >= 4 is 34.1 Å². The number of hydrogen-bond donors (Lipinski definition) is 2. The van der Waals surface area contributed by atoms with Crippen molar-refractivity contribution in [1.82, 2.24) is 15.5 Å². The molecule has 1 amide bonds. The Kier molecular flexibility index (Phi) is 8.74. The fourth-order valence-corrected chi connectivity index (χ4v) is 4.36. The van der Waals surface area contributed by atoms with Crippen molar-refractivity contribution in [3.05, 3.63) is 0 Å². The van der Waals surface area contributed by atoms with Gasteiger partial charge in [-0.05, 0) is 19.3 Å². The van der Waals surface area contributed by atoms with Gasteiger partial charge in [-0.15, -0.1) is 10.2 Å². The molecule has 1 aromatic heterocycles. The summed E-state index contributed by atoms with van der Waals surface area (Å²) < 4.78 is 0.865. The Labute approximate surface area is 147 Å². The van der Waals surface area contributed by atoms with E-state index in [1.165, 1.54) is 63.1 Å². The average molecular weight is 357 g/mol. The molecular formula is C16H28N4OS2. The van der Waals surface area contributed by atoms with Gasteiger partial charge < -0.3 is 10.6 Å². The van der Waals surface area contributed by atoms with E-state index < -0.39 is 0 Å². The van der Waals surface area contributed by atoms with E-state index in [1.54, 1.807) is 11.3 Å². The second-order valence-electron chi connectivity index (χ2n) is 6.05. The van der Waals surface area contributed by atoms with Gasteiger partial charge in [-0.25, -0.2) is 0 Å². The number of carbonyl (C=O) groups excluding carboxylic acids is 1. The van der Waals surface area contributed by atoms with E-state index in [1.807, 2.05) is 0 Å². The van der Waals surface area contributed by atoms with Crippen LogP contribution in [-0.2, 0) is 4.79 Å². The first-order chi connectivity index (χ1) is 11.3. The largest absolute Gasteiger partial charge is 0.357 e. The van der Waals surface area contributed by atoms with Gasteiger partial charge in [0.2, 0.25) is 11.0 Å². The number of nitrogens with one attached hydrogen (secondary N) is 2. The van der Waals surface area contributed by atoms with Crippen molar-refractivity contribution in [2.75, 3.05) is 17.6 Å². The van der Waals surface area contributed by atoms with Crippen molar-refractivity contribution in [2.24, 2.45) is 0 Å². The molecule has 1 aromatic rings. The number of hydrogen-bond acceptors (Lipinski definition) is 6. The quantitative estimate of drug-likeness (QED) is 0.488. The van der Waals surface area contributed by atoms with E-state index in [-0.39, 0.29) is 5.91 Å². The number of amides is 1. The number of carbonyl (C=O) groups is 1. The molecular weight excluding hydrogens is 328 g/mol. The van der Waals surface area contributed by atoms with Gasteiger partial charge >= 0.3 is 0 Å². The molecule has 7 heteroatoms. The summed E-state index contributed by atoms with van der Waals surface area (Å²) in [6.07, 6.45) is 11.1. The number of thioether (sulfide) groups is 1. The Morgan fingerprint density at radius 1 is 1.22 bits per heavy atom. The molecule has 2 rings (SSSR count). The van der Waals surface area contributed by atoms with Crippen LogP contribution in [0.2, 0.25) is 0 Å². The third kappa shape index (κ3) is 7.52. The lowest BCUT2D eigenvalue weighted by Gasteiger charge is -2.21. The first-order valence-electron chi connectivity index (χ1n) is 8.77. The van der Waals surface area contributed by atoms with Crippen molar-refractivity contribution in [3.63, 3.8) is 0 Å². The summed E-state index contributed by atoms with van der Waals surface area (Å²) in [5.41, 5.74) is 0. The van der Waals surface area contributed by atoms with Gasteiger partial charge in [-0.1, -0.05) is 68.5 Å². The molecule has 0 spiro atoms. The first kappa shape index (κ1) is 18.5. The van der Waals surface area contributed by atoms with Crippen LogP contribution in [0.5, 0.6) is 0 Å². The zero-order valence-electron chi connectivity index (χ0n) is 14.0. The predicted octanol–water partition coefficient (Wildman–Crippen LogP) is 4.07. The van der Waals surface area contributed by atoms with Crippen LogP contribution >= 0.6 is 23.1 Å². The summed E-state index contributed by atoms with van der Waals surface area (Å²) in [7, 11) is 0. The van der Waals surface area contributed by atoms with Crippen LogP contribution in [0.3, 0.4) is 0 Å². The number of unbranched alkanes of at least 4 members (excludes halogenated alkanes) is 3. The van der Waals surface area contributed by atoms with Gasteiger partial charge in [0.25, 0.3) is 0 Å². The Balaban J connectivity index is 1.61. The number of nitrogens with zero attached hydrogens (tertiary/aromatic N) is 2. The highest BCUT2D eigenvalue weighted by Crippen LogP contribution is 2.28. The smallest absolute Gasteiger partial charge is 0.230 e. The van der Waals surface area contributed by atoms with Gasteiger partial charge in [0.05, 0.1) is 5.75 Å². The second-order valence-corrected chi connectivity index (χ2v) is 8.25. The predicted molar refractivity (Wildman–Crippen MR) is 98.3 cm³/mol. The molecule has 5 nitrogen and oxygen atoms in total. The van der Waals surface area contributed by atoms with Gasteiger partial charge in [0, 0.05) is 12.6 Å². The molecule has 0 unspecified atom stereocenters. The highest BCUT2D eigenvalue weighted by Gasteiger charge is 2.15. The molecule has 1 aliphatic rings. The number of anilines is 1.